The van der Waals surface area contributed by atoms with E-state index in [1.165, 1.54) is 30.0 Å². The third kappa shape index (κ3) is 6.16. The summed E-state index contributed by atoms with van der Waals surface area (Å²) in [5, 5.41) is 25.3. The Balaban J connectivity index is 1.58. The molecule has 1 aromatic heterocycles. The van der Waals surface area contributed by atoms with E-state index in [4.69, 9.17) is 0 Å². The van der Waals surface area contributed by atoms with Gasteiger partial charge in [0.05, 0.1) is 17.2 Å². The zero-order valence-corrected chi connectivity index (χ0v) is 19.3. The van der Waals surface area contributed by atoms with E-state index in [2.05, 4.69) is 20.8 Å². The minimum absolute atomic E-state index is 0.0297. The van der Waals surface area contributed by atoms with Crippen LogP contribution in [0.3, 0.4) is 0 Å². The lowest BCUT2D eigenvalue weighted by Gasteiger charge is -2.10. The number of thioether (sulfide) groups is 1. The molecule has 0 aliphatic heterocycles. The van der Waals surface area contributed by atoms with Crippen LogP contribution in [-0.4, -0.2) is 37.3 Å². The highest BCUT2D eigenvalue weighted by molar-refractivity contribution is 7.99. The summed E-state index contributed by atoms with van der Waals surface area (Å²) in [4.78, 5) is 35.1. The first kappa shape index (κ1) is 23.9. The Morgan fingerprint density at radius 1 is 1.15 bits per heavy atom. The SMILES string of the molecule is CCn1c(CNC(=O)c2cccc(C)c2)nnc1SCC(=O)Nc1ccc([N+](=O)[O-])cc1C. The monoisotopic (exact) mass is 468 g/mol. The predicted octanol–water partition coefficient (Wildman–Crippen LogP) is 3.48. The highest BCUT2D eigenvalue weighted by atomic mass is 32.2. The molecule has 10 nitrogen and oxygen atoms in total. The number of aromatic nitrogens is 3. The summed E-state index contributed by atoms with van der Waals surface area (Å²) in [5.41, 5.74) is 2.66. The van der Waals surface area contributed by atoms with E-state index in [0.717, 1.165) is 5.56 Å². The molecule has 2 amide bonds. The maximum Gasteiger partial charge on any atom is 0.269 e. The lowest BCUT2D eigenvalue weighted by molar-refractivity contribution is -0.384. The van der Waals surface area contributed by atoms with Crippen molar-refractivity contribution in [2.75, 3.05) is 11.1 Å². The van der Waals surface area contributed by atoms with Gasteiger partial charge in [-0.1, -0.05) is 29.5 Å². The molecule has 33 heavy (non-hydrogen) atoms. The molecule has 0 atom stereocenters. The molecule has 0 unspecified atom stereocenters. The Kier molecular flexibility index (Phi) is 7.78. The number of aryl methyl sites for hydroxylation is 2. The Morgan fingerprint density at radius 3 is 2.61 bits per heavy atom. The summed E-state index contributed by atoms with van der Waals surface area (Å²) in [6, 6.07) is 11.6. The number of nitro benzene ring substituents is 1. The number of hydrogen-bond donors (Lipinski definition) is 2. The predicted molar refractivity (Wildman–Crippen MR) is 125 cm³/mol. The highest BCUT2D eigenvalue weighted by Crippen LogP contribution is 2.22. The van der Waals surface area contributed by atoms with Crippen molar-refractivity contribution in [1.29, 1.82) is 0 Å². The van der Waals surface area contributed by atoms with E-state index in [9.17, 15) is 19.7 Å². The largest absolute Gasteiger partial charge is 0.345 e. The van der Waals surface area contributed by atoms with Crippen molar-refractivity contribution in [2.45, 2.75) is 39.0 Å². The fourth-order valence-corrected chi connectivity index (χ4v) is 3.96. The lowest BCUT2D eigenvalue weighted by Crippen LogP contribution is -2.25. The normalized spacial score (nSPS) is 10.6. The molecule has 0 radical (unpaired) electrons. The van der Waals surface area contributed by atoms with Crippen LogP contribution in [-0.2, 0) is 17.9 Å². The molecular formula is C22H24N6O4S. The average molecular weight is 469 g/mol. The molecule has 11 heteroatoms. The van der Waals surface area contributed by atoms with Crippen LogP contribution in [0.25, 0.3) is 0 Å². The van der Waals surface area contributed by atoms with Gasteiger partial charge in [-0.15, -0.1) is 10.2 Å². The fraction of sp³-hybridized carbons (Fsp3) is 0.273. The summed E-state index contributed by atoms with van der Waals surface area (Å²) < 4.78 is 1.84. The second-order valence-corrected chi connectivity index (χ2v) is 8.23. The Labute approximate surface area is 194 Å². The van der Waals surface area contributed by atoms with Gasteiger partial charge in [-0.25, -0.2) is 0 Å². The van der Waals surface area contributed by atoms with Gasteiger partial charge in [-0.3, -0.25) is 19.7 Å². The Hall–Kier alpha value is -3.73. The number of benzene rings is 2. The first-order valence-electron chi connectivity index (χ1n) is 10.2. The molecule has 3 rings (SSSR count). The Bertz CT molecular complexity index is 1190. The van der Waals surface area contributed by atoms with Gasteiger partial charge >= 0.3 is 0 Å². The number of carbonyl (C=O) groups is 2. The average Bonchev–Trinajstić information content (AvgIpc) is 3.19. The topological polar surface area (TPSA) is 132 Å². The fourth-order valence-electron chi connectivity index (χ4n) is 3.14. The molecule has 2 N–H and O–H groups in total. The highest BCUT2D eigenvalue weighted by Gasteiger charge is 2.16. The van der Waals surface area contributed by atoms with Gasteiger partial charge in [0, 0.05) is 29.9 Å². The van der Waals surface area contributed by atoms with Crippen molar-refractivity contribution < 1.29 is 14.5 Å². The maximum atomic E-state index is 12.4. The van der Waals surface area contributed by atoms with Crippen molar-refractivity contribution in [1.82, 2.24) is 20.1 Å². The van der Waals surface area contributed by atoms with Crippen LogP contribution in [0.1, 0.15) is 34.2 Å². The summed E-state index contributed by atoms with van der Waals surface area (Å²) in [7, 11) is 0. The van der Waals surface area contributed by atoms with E-state index >= 15 is 0 Å². The zero-order valence-electron chi connectivity index (χ0n) is 18.5. The summed E-state index contributed by atoms with van der Waals surface area (Å²) in [5.74, 6) is 0.213. The number of hydrogen-bond acceptors (Lipinski definition) is 7. The molecule has 0 saturated heterocycles. The van der Waals surface area contributed by atoms with Gasteiger partial charge in [0.1, 0.15) is 0 Å². The number of anilines is 1. The van der Waals surface area contributed by atoms with Crippen molar-refractivity contribution in [3.8, 4) is 0 Å². The quantitative estimate of drug-likeness (QED) is 0.279. The van der Waals surface area contributed by atoms with Crippen LogP contribution in [0.15, 0.2) is 47.6 Å². The number of carbonyl (C=O) groups excluding carboxylic acids is 2. The number of nitro groups is 1. The first-order valence-corrected chi connectivity index (χ1v) is 11.2. The smallest absolute Gasteiger partial charge is 0.269 e. The number of rotatable bonds is 9. The molecular weight excluding hydrogens is 444 g/mol. The van der Waals surface area contributed by atoms with Crippen molar-refractivity contribution in [2.24, 2.45) is 0 Å². The molecule has 3 aromatic rings. The summed E-state index contributed by atoms with van der Waals surface area (Å²) in [6.07, 6.45) is 0. The van der Waals surface area contributed by atoms with Gasteiger partial charge in [0.25, 0.3) is 11.6 Å². The van der Waals surface area contributed by atoms with Crippen molar-refractivity contribution in [3.05, 3.63) is 75.1 Å². The molecule has 1 heterocycles. The molecule has 172 valence electrons. The van der Waals surface area contributed by atoms with Gasteiger partial charge < -0.3 is 15.2 Å². The molecule has 0 bridgehead atoms. The van der Waals surface area contributed by atoms with Crippen LogP contribution < -0.4 is 10.6 Å². The second kappa shape index (κ2) is 10.7. The van der Waals surface area contributed by atoms with E-state index < -0.39 is 4.92 Å². The summed E-state index contributed by atoms with van der Waals surface area (Å²) in [6.45, 7) is 6.34. The lowest BCUT2D eigenvalue weighted by atomic mass is 10.1. The minimum Gasteiger partial charge on any atom is -0.345 e. The molecule has 0 saturated carbocycles. The third-order valence-corrected chi connectivity index (χ3v) is 5.79. The van der Waals surface area contributed by atoms with E-state index in [1.807, 2.05) is 36.6 Å². The first-order chi connectivity index (χ1) is 15.8. The minimum atomic E-state index is -0.479. The molecule has 0 aliphatic carbocycles. The van der Waals surface area contributed by atoms with Crippen LogP contribution in [0.4, 0.5) is 11.4 Å². The second-order valence-electron chi connectivity index (χ2n) is 7.29. The number of nitrogens with one attached hydrogen (secondary N) is 2. The van der Waals surface area contributed by atoms with Crippen molar-refractivity contribution >= 4 is 35.0 Å². The van der Waals surface area contributed by atoms with Gasteiger partial charge in [-0.05, 0) is 44.5 Å². The van der Waals surface area contributed by atoms with Gasteiger partial charge in [0.15, 0.2) is 11.0 Å². The van der Waals surface area contributed by atoms with Crippen molar-refractivity contribution in [3.63, 3.8) is 0 Å². The third-order valence-electron chi connectivity index (χ3n) is 4.82. The number of non-ortho nitro benzene ring substituents is 1. The molecule has 0 aliphatic rings. The Morgan fingerprint density at radius 2 is 1.94 bits per heavy atom. The number of amides is 2. The van der Waals surface area contributed by atoms with E-state index in [0.29, 0.717) is 34.3 Å². The van der Waals surface area contributed by atoms with Gasteiger partial charge in [0.2, 0.25) is 5.91 Å². The maximum absolute atomic E-state index is 12.4. The van der Waals surface area contributed by atoms with E-state index in [-0.39, 0.29) is 29.8 Å². The van der Waals surface area contributed by atoms with Gasteiger partial charge in [-0.2, -0.15) is 0 Å². The van der Waals surface area contributed by atoms with E-state index in [1.54, 1.807) is 13.0 Å². The molecule has 0 fully saturated rings. The zero-order chi connectivity index (χ0) is 24.0. The standard InChI is InChI=1S/C22H24N6O4S/c1-4-27-19(12-23-21(30)16-7-5-6-14(2)10-16)25-26-22(27)33-13-20(29)24-18-9-8-17(28(31)32)11-15(18)3/h5-11H,4,12-13H2,1-3H3,(H,23,30)(H,24,29). The van der Waals surface area contributed by atoms with Crippen LogP contribution >= 0.6 is 11.8 Å². The molecule has 0 spiro atoms. The number of nitrogens with zero attached hydrogens (tertiary/aromatic N) is 4. The molecule has 2 aromatic carbocycles. The van der Waals surface area contributed by atoms with Crippen LogP contribution in [0.2, 0.25) is 0 Å². The van der Waals surface area contributed by atoms with Crippen LogP contribution in [0.5, 0.6) is 0 Å². The summed E-state index contributed by atoms with van der Waals surface area (Å²) >= 11 is 1.22. The van der Waals surface area contributed by atoms with Crippen LogP contribution in [0, 0.1) is 24.0 Å².